The smallest absolute Gasteiger partial charge is 0.404 e. The van der Waals surface area contributed by atoms with E-state index in [0.717, 1.165) is 66.3 Å². The maximum atomic E-state index is 13.2. The first kappa shape index (κ1) is 27.3. The number of ether oxygens (including phenoxy) is 1. The molecule has 37 heavy (non-hydrogen) atoms. The zero-order valence-electron chi connectivity index (χ0n) is 22.1. The van der Waals surface area contributed by atoms with Crippen molar-refractivity contribution in [3.05, 3.63) is 35.2 Å². The predicted octanol–water partition coefficient (Wildman–Crippen LogP) is 6.48. The van der Waals surface area contributed by atoms with Crippen LogP contribution in [0.5, 0.6) is 0 Å². The number of amides is 2. The third-order valence-electron chi connectivity index (χ3n) is 7.29. The molecular weight excluding hydrogens is 504 g/mol. The molecule has 10 heteroatoms. The Morgan fingerprint density at radius 2 is 2.00 bits per heavy atom. The van der Waals surface area contributed by atoms with Gasteiger partial charge in [0.2, 0.25) is 5.91 Å². The number of nitrogens with one attached hydrogen (secondary N) is 2. The van der Waals surface area contributed by atoms with Crippen molar-refractivity contribution in [1.82, 2.24) is 14.9 Å². The standard InChI is InChI=1S/C27H38N4O4SSi/c1-18(29-27(33)34)19-5-7-20(8-6-19)26(32)30-23-9-11-28-25-22(23)15-24(21-10-13-36-16-21)31(25)17-35-12-14-37(2,3)4/h9-11,13,15-16,18-20,29H,5-8,12,14,17H2,1-4H3,(H,33,34)(H,28,30,32). The molecule has 0 radical (unpaired) electrons. The van der Waals surface area contributed by atoms with Gasteiger partial charge in [-0.25, -0.2) is 9.78 Å². The van der Waals surface area contributed by atoms with Crippen molar-refractivity contribution in [2.75, 3.05) is 11.9 Å². The molecule has 0 saturated heterocycles. The highest BCUT2D eigenvalue weighted by Gasteiger charge is 2.30. The zero-order chi connectivity index (χ0) is 26.6. The van der Waals surface area contributed by atoms with Crippen LogP contribution in [0.1, 0.15) is 32.6 Å². The highest BCUT2D eigenvalue weighted by Crippen LogP contribution is 2.35. The van der Waals surface area contributed by atoms with Gasteiger partial charge in [-0.3, -0.25) is 4.79 Å². The van der Waals surface area contributed by atoms with Crippen LogP contribution in [0, 0.1) is 11.8 Å². The summed E-state index contributed by atoms with van der Waals surface area (Å²) in [4.78, 5) is 28.8. The number of carboxylic acid groups (broad SMARTS) is 1. The molecule has 200 valence electrons. The first-order valence-electron chi connectivity index (χ1n) is 13.0. The van der Waals surface area contributed by atoms with E-state index >= 15 is 0 Å². The van der Waals surface area contributed by atoms with Gasteiger partial charge >= 0.3 is 6.09 Å². The molecule has 1 unspecified atom stereocenters. The van der Waals surface area contributed by atoms with E-state index in [4.69, 9.17) is 9.84 Å². The fraction of sp³-hybridized carbons (Fsp3) is 0.519. The van der Waals surface area contributed by atoms with Crippen molar-refractivity contribution >= 4 is 48.1 Å². The lowest BCUT2D eigenvalue weighted by molar-refractivity contribution is -0.121. The molecule has 3 N–H and O–H groups in total. The Morgan fingerprint density at radius 1 is 1.24 bits per heavy atom. The number of anilines is 1. The lowest BCUT2D eigenvalue weighted by atomic mass is 9.78. The number of pyridine rings is 1. The van der Waals surface area contributed by atoms with Crippen LogP contribution in [0.4, 0.5) is 10.5 Å². The fourth-order valence-electron chi connectivity index (χ4n) is 5.00. The first-order valence-corrected chi connectivity index (χ1v) is 17.7. The summed E-state index contributed by atoms with van der Waals surface area (Å²) in [5.41, 5.74) is 3.69. The van der Waals surface area contributed by atoms with Crippen LogP contribution in [0.15, 0.2) is 35.2 Å². The molecule has 0 spiro atoms. The second-order valence-corrected chi connectivity index (χ2v) is 17.7. The van der Waals surface area contributed by atoms with Crippen molar-refractivity contribution in [1.29, 1.82) is 0 Å². The number of carbonyl (C=O) groups is 2. The Hall–Kier alpha value is -2.69. The minimum absolute atomic E-state index is 0.0148. The minimum atomic E-state index is -1.19. The van der Waals surface area contributed by atoms with Gasteiger partial charge in [0.15, 0.2) is 0 Å². The maximum Gasteiger partial charge on any atom is 0.404 e. The van der Waals surface area contributed by atoms with Gasteiger partial charge in [-0.1, -0.05) is 19.6 Å². The molecule has 0 aromatic carbocycles. The van der Waals surface area contributed by atoms with Crippen molar-refractivity contribution in [3.8, 4) is 11.3 Å². The van der Waals surface area contributed by atoms with E-state index in [9.17, 15) is 9.59 Å². The number of carbonyl (C=O) groups excluding carboxylic acids is 1. The normalized spacial score (nSPS) is 19.0. The van der Waals surface area contributed by atoms with Crippen LogP contribution < -0.4 is 10.6 Å². The Kier molecular flexibility index (Phi) is 8.71. The number of hydrogen-bond donors (Lipinski definition) is 3. The molecule has 2 amide bonds. The van der Waals surface area contributed by atoms with E-state index in [0.29, 0.717) is 6.73 Å². The van der Waals surface area contributed by atoms with Gasteiger partial charge in [0.05, 0.1) is 11.4 Å². The second kappa shape index (κ2) is 11.8. The van der Waals surface area contributed by atoms with Crippen LogP contribution in [-0.4, -0.2) is 47.4 Å². The average molecular weight is 543 g/mol. The molecule has 3 aromatic heterocycles. The Balaban J connectivity index is 1.49. The number of rotatable bonds is 10. The lowest BCUT2D eigenvalue weighted by Gasteiger charge is -2.31. The summed E-state index contributed by atoms with van der Waals surface area (Å²) in [6.07, 6.45) is 3.91. The molecular formula is C27H38N4O4SSi. The highest BCUT2D eigenvalue weighted by atomic mass is 32.1. The largest absolute Gasteiger partial charge is 0.465 e. The third kappa shape index (κ3) is 7.00. The van der Waals surface area contributed by atoms with Gasteiger partial charge < -0.3 is 25.0 Å². The highest BCUT2D eigenvalue weighted by molar-refractivity contribution is 7.08. The van der Waals surface area contributed by atoms with Gasteiger partial charge in [0.25, 0.3) is 0 Å². The van der Waals surface area contributed by atoms with Gasteiger partial charge in [-0.15, -0.1) is 0 Å². The average Bonchev–Trinajstić information content (AvgIpc) is 3.49. The van der Waals surface area contributed by atoms with Gasteiger partial charge in [-0.2, -0.15) is 11.3 Å². The molecule has 1 aliphatic carbocycles. The molecule has 1 saturated carbocycles. The summed E-state index contributed by atoms with van der Waals surface area (Å²) in [5, 5.41) is 19.8. The van der Waals surface area contributed by atoms with E-state index in [2.05, 4.69) is 62.7 Å². The Labute approximate surface area is 223 Å². The van der Waals surface area contributed by atoms with Crippen molar-refractivity contribution in [2.24, 2.45) is 11.8 Å². The van der Waals surface area contributed by atoms with Crippen molar-refractivity contribution < 1.29 is 19.4 Å². The van der Waals surface area contributed by atoms with E-state index in [1.54, 1.807) is 17.5 Å². The monoisotopic (exact) mass is 542 g/mol. The molecule has 1 aliphatic rings. The maximum absolute atomic E-state index is 13.2. The molecule has 8 nitrogen and oxygen atoms in total. The molecule has 0 aliphatic heterocycles. The third-order valence-corrected chi connectivity index (χ3v) is 9.68. The summed E-state index contributed by atoms with van der Waals surface area (Å²) >= 11 is 1.65. The van der Waals surface area contributed by atoms with Crippen LogP contribution in [0.2, 0.25) is 25.7 Å². The minimum Gasteiger partial charge on any atom is -0.465 e. The summed E-state index contributed by atoms with van der Waals surface area (Å²) in [5.74, 6) is 0.191. The zero-order valence-corrected chi connectivity index (χ0v) is 23.9. The number of hydrogen-bond acceptors (Lipinski definition) is 5. The fourth-order valence-corrected chi connectivity index (χ4v) is 6.41. The molecule has 4 rings (SSSR count). The van der Waals surface area contributed by atoms with Crippen LogP contribution in [-0.2, 0) is 16.3 Å². The van der Waals surface area contributed by atoms with Crippen LogP contribution in [0.3, 0.4) is 0 Å². The Bertz CT molecular complexity index is 1210. The predicted molar refractivity (Wildman–Crippen MR) is 152 cm³/mol. The number of aromatic nitrogens is 2. The van der Waals surface area contributed by atoms with Gasteiger partial charge in [0, 0.05) is 49.2 Å². The molecule has 1 fully saturated rings. The summed E-state index contributed by atoms with van der Waals surface area (Å²) in [6.45, 7) is 10.1. The van der Waals surface area contributed by atoms with Crippen LogP contribution in [0.25, 0.3) is 22.3 Å². The SMILES string of the molecule is CC(NC(=O)O)C1CCC(C(=O)Nc2ccnc3c2cc(-c2ccsc2)n3COCC[Si](C)(C)C)CC1. The lowest BCUT2D eigenvalue weighted by Crippen LogP contribution is -2.39. The van der Waals surface area contributed by atoms with E-state index in [1.807, 2.05) is 13.0 Å². The van der Waals surface area contributed by atoms with Crippen molar-refractivity contribution in [2.45, 2.75) is 71.1 Å². The topological polar surface area (TPSA) is 105 Å². The molecule has 3 aromatic rings. The van der Waals surface area contributed by atoms with Crippen LogP contribution >= 0.6 is 11.3 Å². The summed E-state index contributed by atoms with van der Waals surface area (Å²) < 4.78 is 8.20. The van der Waals surface area contributed by atoms with E-state index in [-0.39, 0.29) is 23.8 Å². The first-order chi connectivity index (χ1) is 17.6. The summed E-state index contributed by atoms with van der Waals surface area (Å²) in [7, 11) is -1.19. The molecule has 1 atom stereocenters. The van der Waals surface area contributed by atoms with E-state index in [1.165, 1.54) is 0 Å². The number of fused-ring (bicyclic) bond motifs is 1. The van der Waals surface area contributed by atoms with Crippen molar-refractivity contribution in [3.63, 3.8) is 0 Å². The number of nitrogens with zero attached hydrogens (tertiary/aromatic N) is 2. The quantitative estimate of drug-likeness (QED) is 0.201. The summed E-state index contributed by atoms with van der Waals surface area (Å²) in [6, 6.07) is 7.04. The second-order valence-electron chi connectivity index (χ2n) is 11.3. The molecule has 3 heterocycles. The number of thiophene rings is 1. The Morgan fingerprint density at radius 3 is 2.65 bits per heavy atom. The van der Waals surface area contributed by atoms with Gasteiger partial charge in [0.1, 0.15) is 12.4 Å². The molecule has 0 bridgehead atoms. The van der Waals surface area contributed by atoms with Gasteiger partial charge in [-0.05, 0) is 68.1 Å². The van der Waals surface area contributed by atoms with E-state index < -0.39 is 14.2 Å².